The molecule has 0 aliphatic heterocycles. The lowest BCUT2D eigenvalue weighted by Gasteiger charge is -2.08. The zero-order valence-corrected chi connectivity index (χ0v) is 20.6. The monoisotopic (exact) mass is 454 g/mol. The number of hydrogen-bond acceptors (Lipinski definition) is 5. The topological polar surface area (TPSA) is 53.5 Å². The van der Waals surface area contributed by atoms with Crippen LogP contribution in [0.15, 0.2) is 48.8 Å². The highest BCUT2D eigenvalue weighted by atomic mass is 16.5. The molecular formula is C28H42N2O3. The zero-order valence-electron chi connectivity index (χ0n) is 20.6. The van der Waals surface area contributed by atoms with Gasteiger partial charge in [-0.1, -0.05) is 58.1 Å². The van der Waals surface area contributed by atoms with Crippen LogP contribution in [0.2, 0.25) is 0 Å². The van der Waals surface area contributed by atoms with Crippen molar-refractivity contribution >= 4 is 0 Å². The van der Waals surface area contributed by atoms with E-state index < -0.39 is 0 Å². The molecule has 33 heavy (non-hydrogen) atoms. The van der Waals surface area contributed by atoms with E-state index in [1.807, 2.05) is 24.3 Å². The van der Waals surface area contributed by atoms with Crippen molar-refractivity contribution < 1.29 is 14.2 Å². The Kier molecular flexibility index (Phi) is 14.7. The average molecular weight is 455 g/mol. The van der Waals surface area contributed by atoms with E-state index in [0.717, 1.165) is 50.2 Å². The maximum absolute atomic E-state index is 5.83. The van der Waals surface area contributed by atoms with Crippen LogP contribution in [0.4, 0.5) is 0 Å². The van der Waals surface area contributed by atoms with Gasteiger partial charge in [-0.05, 0) is 56.4 Å². The summed E-state index contributed by atoms with van der Waals surface area (Å²) in [7, 11) is 0. The van der Waals surface area contributed by atoms with Crippen molar-refractivity contribution in [1.82, 2.24) is 9.97 Å². The number of aromatic nitrogens is 2. The summed E-state index contributed by atoms with van der Waals surface area (Å²) >= 11 is 0. The van der Waals surface area contributed by atoms with Gasteiger partial charge in [0.2, 0.25) is 0 Å². The highest BCUT2D eigenvalue weighted by Crippen LogP contribution is 2.20. The number of rotatable bonds is 19. The fourth-order valence-corrected chi connectivity index (χ4v) is 3.31. The number of allylic oxidation sites excluding steroid dienone is 1. The average Bonchev–Trinajstić information content (AvgIpc) is 2.85. The Morgan fingerprint density at radius 2 is 1.33 bits per heavy atom. The summed E-state index contributed by atoms with van der Waals surface area (Å²) in [5.41, 5.74) is 0.960. The van der Waals surface area contributed by atoms with E-state index in [2.05, 4.69) is 36.0 Å². The number of ether oxygens (including phenoxy) is 3. The van der Waals surface area contributed by atoms with Gasteiger partial charge in [0.25, 0.3) is 0 Å². The van der Waals surface area contributed by atoms with Gasteiger partial charge < -0.3 is 14.2 Å². The minimum absolute atomic E-state index is 0.549. The predicted molar refractivity (Wildman–Crippen MR) is 136 cm³/mol. The van der Waals surface area contributed by atoms with Crippen molar-refractivity contribution in [3.63, 3.8) is 0 Å². The third-order valence-electron chi connectivity index (χ3n) is 5.32. The predicted octanol–water partition coefficient (Wildman–Crippen LogP) is 7.41. The first-order valence-corrected chi connectivity index (χ1v) is 12.7. The Labute approximate surface area is 200 Å². The number of hydrogen-bond donors (Lipinski definition) is 0. The van der Waals surface area contributed by atoms with Crippen LogP contribution in [0, 0.1) is 0 Å². The molecule has 2 rings (SSSR count). The van der Waals surface area contributed by atoms with E-state index in [1.54, 1.807) is 12.4 Å². The van der Waals surface area contributed by atoms with Gasteiger partial charge in [0.1, 0.15) is 12.4 Å². The van der Waals surface area contributed by atoms with E-state index in [4.69, 9.17) is 14.2 Å². The van der Waals surface area contributed by atoms with E-state index in [1.165, 1.54) is 38.5 Å². The number of unbranched alkanes of at least 4 members (excludes halogenated alkanes) is 7. The lowest BCUT2D eigenvalue weighted by molar-refractivity contribution is 0.123. The molecule has 1 aromatic carbocycles. The van der Waals surface area contributed by atoms with Crippen LogP contribution in [0.3, 0.4) is 0 Å². The molecule has 2 aromatic rings. The molecular weight excluding hydrogens is 412 g/mol. The van der Waals surface area contributed by atoms with Crippen LogP contribution in [0.25, 0.3) is 11.4 Å². The summed E-state index contributed by atoms with van der Waals surface area (Å²) in [6.07, 6.45) is 19.7. The summed E-state index contributed by atoms with van der Waals surface area (Å²) in [5, 5.41) is 0. The Bertz CT molecular complexity index is 745. The Balaban J connectivity index is 1.62. The van der Waals surface area contributed by atoms with Crippen molar-refractivity contribution in [2.24, 2.45) is 0 Å². The van der Waals surface area contributed by atoms with E-state index >= 15 is 0 Å². The summed E-state index contributed by atoms with van der Waals surface area (Å²) in [5.74, 6) is 2.23. The second-order valence-corrected chi connectivity index (χ2v) is 8.27. The number of nitrogens with zero attached hydrogens (tertiary/aromatic N) is 2. The first kappa shape index (κ1) is 26.8. The molecule has 0 radical (unpaired) electrons. The molecule has 5 heteroatoms. The molecule has 0 amide bonds. The second-order valence-electron chi connectivity index (χ2n) is 8.27. The van der Waals surface area contributed by atoms with Gasteiger partial charge in [-0.15, -0.1) is 0 Å². The van der Waals surface area contributed by atoms with Crippen LogP contribution in [0.5, 0.6) is 11.5 Å². The highest BCUT2D eigenvalue weighted by molar-refractivity contribution is 5.56. The van der Waals surface area contributed by atoms with Crippen LogP contribution < -0.4 is 9.47 Å². The zero-order chi connectivity index (χ0) is 23.4. The summed E-state index contributed by atoms with van der Waals surface area (Å²) in [6, 6.07) is 7.91. The highest BCUT2D eigenvalue weighted by Gasteiger charge is 2.03. The molecule has 0 saturated heterocycles. The molecule has 0 N–H and O–H groups in total. The van der Waals surface area contributed by atoms with Gasteiger partial charge in [-0.25, -0.2) is 9.97 Å². The van der Waals surface area contributed by atoms with Gasteiger partial charge in [-0.2, -0.15) is 0 Å². The molecule has 0 aliphatic rings. The SMILES string of the molecule is CCCCCCC=CCOc1cnc(-c2ccc(OCCCCOCCCCC)cc2)nc1. The van der Waals surface area contributed by atoms with Crippen LogP contribution in [0.1, 0.15) is 78.1 Å². The van der Waals surface area contributed by atoms with Gasteiger partial charge in [0, 0.05) is 18.8 Å². The van der Waals surface area contributed by atoms with Gasteiger partial charge in [0.15, 0.2) is 11.6 Å². The van der Waals surface area contributed by atoms with Crippen molar-refractivity contribution in [2.75, 3.05) is 26.4 Å². The van der Waals surface area contributed by atoms with Gasteiger partial charge >= 0.3 is 0 Å². The molecule has 1 aromatic heterocycles. The molecule has 0 bridgehead atoms. The maximum atomic E-state index is 5.83. The molecule has 1 heterocycles. The third kappa shape index (κ3) is 12.4. The maximum Gasteiger partial charge on any atom is 0.159 e. The largest absolute Gasteiger partial charge is 0.494 e. The first-order chi connectivity index (χ1) is 16.3. The standard InChI is InChI=1S/C28H42N2O3/c1-3-5-7-8-9-10-12-21-33-27-23-29-28(30-24-27)25-15-17-26(18-16-25)32-22-14-13-20-31-19-11-6-4-2/h10,12,15-18,23-24H,3-9,11,13-14,19-22H2,1-2H3. The van der Waals surface area contributed by atoms with Crippen molar-refractivity contribution in [3.8, 4) is 22.9 Å². The lowest BCUT2D eigenvalue weighted by Crippen LogP contribution is -2.02. The molecule has 0 unspecified atom stereocenters. The van der Waals surface area contributed by atoms with Gasteiger partial charge in [-0.3, -0.25) is 0 Å². The Hall–Kier alpha value is -2.40. The molecule has 0 spiro atoms. The number of benzene rings is 1. The van der Waals surface area contributed by atoms with Crippen LogP contribution >= 0.6 is 0 Å². The molecule has 0 aliphatic carbocycles. The van der Waals surface area contributed by atoms with Crippen molar-refractivity contribution in [3.05, 3.63) is 48.8 Å². The second kappa shape index (κ2) is 18.1. The fraction of sp³-hybridized carbons (Fsp3) is 0.571. The first-order valence-electron chi connectivity index (χ1n) is 12.7. The minimum atomic E-state index is 0.549. The van der Waals surface area contributed by atoms with Crippen molar-refractivity contribution in [2.45, 2.75) is 78.1 Å². The summed E-state index contributed by atoms with van der Waals surface area (Å²) in [4.78, 5) is 8.87. The van der Waals surface area contributed by atoms with Crippen LogP contribution in [-0.2, 0) is 4.74 Å². The normalized spacial score (nSPS) is 11.2. The third-order valence-corrected chi connectivity index (χ3v) is 5.32. The minimum Gasteiger partial charge on any atom is -0.494 e. The summed E-state index contributed by atoms with van der Waals surface area (Å²) < 4.78 is 17.2. The van der Waals surface area contributed by atoms with E-state index in [9.17, 15) is 0 Å². The fourth-order valence-electron chi connectivity index (χ4n) is 3.31. The quantitative estimate of drug-likeness (QED) is 0.163. The summed E-state index contributed by atoms with van der Waals surface area (Å²) in [6.45, 7) is 7.38. The van der Waals surface area contributed by atoms with Crippen molar-refractivity contribution in [1.29, 1.82) is 0 Å². The Morgan fingerprint density at radius 3 is 2.06 bits per heavy atom. The van der Waals surface area contributed by atoms with E-state index in [0.29, 0.717) is 24.8 Å². The molecule has 5 nitrogen and oxygen atoms in total. The van der Waals surface area contributed by atoms with Gasteiger partial charge in [0.05, 0.1) is 19.0 Å². The smallest absolute Gasteiger partial charge is 0.159 e. The molecule has 182 valence electrons. The molecule has 0 atom stereocenters. The molecule has 0 fully saturated rings. The van der Waals surface area contributed by atoms with E-state index in [-0.39, 0.29) is 0 Å². The lowest BCUT2D eigenvalue weighted by atomic mass is 10.1. The van der Waals surface area contributed by atoms with Crippen LogP contribution in [-0.4, -0.2) is 36.4 Å². The molecule has 0 saturated carbocycles. The Morgan fingerprint density at radius 1 is 0.667 bits per heavy atom.